The van der Waals surface area contributed by atoms with Crippen LogP contribution in [0.15, 0.2) is 41.5 Å². The summed E-state index contributed by atoms with van der Waals surface area (Å²) in [6.07, 6.45) is 2.54. The van der Waals surface area contributed by atoms with E-state index in [-0.39, 0.29) is 17.2 Å². The number of aryl methyl sites for hydroxylation is 4. The molecule has 8 heteroatoms. The van der Waals surface area contributed by atoms with Crippen LogP contribution >= 0.6 is 0 Å². The van der Waals surface area contributed by atoms with Crippen LogP contribution in [0.4, 0.5) is 20.2 Å². The number of anilines is 2. The van der Waals surface area contributed by atoms with Gasteiger partial charge in [0, 0.05) is 56.4 Å². The zero-order valence-electron chi connectivity index (χ0n) is 20.1. The molecular weight excluding hydrogens is 436 g/mol. The fraction of sp³-hybridized carbons (Fsp3) is 0.385. The number of aromatic nitrogens is 4. The van der Waals surface area contributed by atoms with Gasteiger partial charge >= 0.3 is 5.69 Å². The van der Waals surface area contributed by atoms with Crippen molar-refractivity contribution in [2.24, 2.45) is 21.1 Å². The van der Waals surface area contributed by atoms with Crippen LogP contribution in [0.2, 0.25) is 0 Å². The molecule has 0 atom stereocenters. The van der Waals surface area contributed by atoms with E-state index < -0.39 is 6.43 Å². The Bertz CT molecular complexity index is 1460. The Morgan fingerprint density at radius 1 is 1.00 bits per heavy atom. The molecule has 6 nitrogen and oxygen atoms in total. The van der Waals surface area contributed by atoms with Crippen molar-refractivity contribution in [2.45, 2.75) is 39.0 Å². The first-order valence-corrected chi connectivity index (χ1v) is 11.6. The Balaban J connectivity index is 1.72. The number of fused-ring (bicyclic) bond motifs is 2. The van der Waals surface area contributed by atoms with E-state index in [9.17, 15) is 13.6 Å². The van der Waals surface area contributed by atoms with Crippen LogP contribution in [-0.2, 0) is 27.6 Å². The molecule has 2 aromatic heterocycles. The quantitative estimate of drug-likeness (QED) is 0.404. The Hall–Kier alpha value is -3.42. The fourth-order valence-electron chi connectivity index (χ4n) is 5.17. The summed E-state index contributed by atoms with van der Waals surface area (Å²) >= 11 is 0. The summed E-state index contributed by atoms with van der Waals surface area (Å²) < 4.78 is 33.4. The molecule has 0 saturated heterocycles. The second-order valence-electron chi connectivity index (χ2n) is 9.48. The van der Waals surface area contributed by atoms with Crippen molar-refractivity contribution in [2.75, 3.05) is 11.4 Å². The SMILES string of the molecule is CC(C)c1cc(N2CCCc3cc(-c4cnn(C)c4)c(C(F)F)cc32)cc2c1n(C)c(=O)n2C. The van der Waals surface area contributed by atoms with Gasteiger partial charge in [0.1, 0.15) is 0 Å². The number of imidazole rings is 1. The molecule has 0 saturated carbocycles. The maximum Gasteiger partial charge on any atom is 0.328 e. The highest BCUT2D eigenvalue weighted by atomic mass is 19.3. The lowest BCUT2D eigenvalue weighted by atomic mass is 9.92. The van der Waals surface area contributed by atoms with E-state index in [0.717, 1.165) is 52.9 Å². The first kappa shape index (κ1) is 22.4. The van der Waals surface area contributed by atoms with E-state index in [0.29, 0.717) is 11.1 Å². The van der Waals surface area contributed by atoms with Crippen molar-refractivity contribution >= 4 is 22.4 Å². The third-order valence-electron chi connectivity index (χ3n) is 6.93. The second-order valence-corrected chi connectivity index (χ2v) is 9.48. The van der Waals surface area contributed by atoms with Gasteiger partial charge in [-0.1, -0.05) is 13.8 Å². The second kappa shape index (κ2) is 8.11. The highest BCUT2D eigenvalue weighted by molar-refractivity contribution is 5.87. The van der Waals surface area contributed by atoms with Crippen LogP contribution in [0, 0.1) is 0 Å². The van der Waals surface area contributed by atoms with Crippen LogP contribution < -0.4 is 10.6 Å². The first-order chi connectivity index (χ1) is 16.2. The lowest BCUT2D eigenvalue weighted by Gasteiger charge is -2.33. The van der Waals surface area contributed by atoms with Gasteiger partial charge in [0.2, 0.25) is 0 Å². The van der Waals surface area contributed by atoms with Crippen molar-refractivity contribution in [1.82, 2.24) is 18.9 Å². The van der Waals surface area contributed by atoms with Crippen molar-refractivity contribution < 1.29 is 8.78 Å². The largest absolute Gasteiger partial charge is 0.341 e. The van der Waals surface area contributed by atoms with Gasteiger partial charge in [-0.25, -0.2) is 13.6 Å². The number of halogens is 2. The van der Waals surface area contributed by atoms with E-state index in [2.05, 4.69) is 29.9 Å². The Morgan fingerprint density at radius 2 is 1.76 bits per heavy atom. The Morgan fingerprint density at radius 3 is 2.41 bits per heavy atom. The zero-order chi connectivity index (χ0) is 24.3. The summed E-state index contributed by atoms with van der Waals surface area (Å²) in [5.41, 5.74) is 6.78. The molecule has 0 radical (unpaired) electrons. The van der Waals surface area contributed by atoms with E-state index in [4.69, 9.17) is 0 Å². The van der Waals surface area contributed by atoms with Crippen molar-refractivity contribution in [3.8, 4) is 11.1 Å². The maximum atomic E-state index is 14.2. The van der Waals surface area contributed by atoms with E-state index >= 15 is 0 Å². The van der Waals surface area contributed by atoms with E-state index in [1.54, 1.807) is 53.4 Å². The lowest BCUT2D eigenvalue weighted by Crippen LogP contribution is -2.25. The minimum absolute atomic E-state index is 0.0101. The van der Waals surface area contributed by atoms with Gasteiger partial charge in [-0.15, -0.1) is 0 Å². The van der Waals surface area contributed by atoms with Crippen LogP contribution in [0.5, 0.6) is 0 Å². The monoisotopic (exact) mass is 465 g/mol. The molecule has 0 N–H and O–H groups in total. The average Bonchev–Trinajstić information content (AvgIpc) is 3.34. The summed E-state index contributed by atoms with van der Waals surface area (Å²) in [6, 6.07) is 7.66. The summed E-state index contributed by atoms with van der Waals surface area (Å²) in [6.45, 7) is 4.94. The van der Waals surface area contributed by atoms with Crippen LogP contribution in [-0.4, -0.2) is 25.5 Å². The minimum atomic E-state index is -2.60. The third kappa shape index (κ3) is 3.43. The van der Waals surface area contributed by atoms with Crippen LogP contribution in [0.3, 0.4) is 0 Å². The highest BCUT2D eigenvalue weighted by Gasteiger charge is 2.26. The summed E-state index contributed by atoms with van der Waals surface area (Å²) in [7, 11) is 5.35. The third-order valence-corrected chi connectivity index (χ3v) is 6.93. The Labute approximate surface area is 197 Å². The zero-order valence-corrected chi connectivity index (χ0v) is 20.1. The van der Waals surface area contributed by atoms with E-state index in [1.165, 1.54) is 0 Å². The molecular formula is C26H29F2N5O. The smallest absolute Gasteiger partial charge is 0.328 e. The number of nitrogens with zero attached hydrogens (tertiary/aromatic N) is 5. The number of hydrogen-bond acceptors (Lipinski definition) is 3. The van der Waals surface area contributed by atoms with Gasteiger partial charge in [-0.2, -0.15) is 5.10 Å². The number of rotatable bonds is 4. The topological polar surface area (TPSA) is 48.0 Å². The molecule has 2 aromatic carbocycles. The molecule has 3 heterocycles. The molecule has 0 bridgehead atoms. The van der Waals surface area contributed by atoms with Gasteiger partial charge in [-0.05, 0) is 59.7 Å². The summed E-state index contributed by atoms with van der Waals surface area (Å²) in [5.74, 6) is 0.198. The van der Waals surface area contributed by atoms with Gasteiger partial charge in [0.05, 0.1) is 17.2 Å². The predicted octanol–water partition coefficient (Wildman–Crippen LogP) is 5.42. The molecule has 0 aliphatic carbocycles. The van der Waals surface area contributed by atoms with E-state index in [1.807, 2.05) is 12.1 Å². The molecule has 5 rings (SSSR count). The highest BCUT2D eigenvalue weighted by Crippen LogP contribution is 2.42. The number of hydrogen-bond donors (Lipinski definition) is 0. The Kier molecular flexibility index (Phi) is 5.34. The molecule has 4 aromatic rings. The van der Waals surface area contributed by atoms with Gasteiger partial charge < -0.3 is 4.90 Å². The molecule has 0 amide bonds. The molecule has 0 unspecified atom stereocenters. The minimum Gasteiger partial charge on any atom is -0.341 e. The van der Waals surface area contributed by atoms with Crippen LogP contribution in [0.1, 0.15) is 49.3 Å². The standard InChI is InChI=1S/C26H29F2N5O/c1-15(2)19-10-18(11-23-24(19)32(5)26(34)31(23)4)33-8-6-7-16-9-20(17-13-29-30(3)14-17)21(25(27)28)12-22(16)33/h9-15,25H,6-8H2,1-5H3. The summed E-state index contributed by atoms with van der Waals surface area (Å²) in [5, 5.41) is 4.17. The number of benzene rings is 2. The predicted molar refractivity (Wildman–Crippen MR) is 131 cm³/mol. The normalized spacial score (nSPS) is 14.0. The lowest BCUT2D eigenvalue weighted by molar-refractivity contribution is 0.152. The summed E-state index contributed by atoms with van der Waals surface area (Å²) in [4.78, 5) is 14.8. The van der Waals surface area contributed by atoms with Gasteiger partial charge in [0.25, 0.3) is 6.43 Å². The molecule has 0 spiro atoms. The molecule has 0 fully saturated rings. The van der Waals surface area contributed by atoms with Crippen molar-refractivity contribution in [3.63, 3.8) is 0 Å². The molecule has 1 aliphatic rings. The number of alkyl halides is 2. The van der Waals surface area contributed by atoms with Gasteiger partial charge in [-0.3, -0.25) is 13.8 Å². The average molecular weight is 466 g/mol. The molecule has 34 heavy (non-hydrogen) atoms. The first-order valence-electron chi connectivity index (χ1n) is 11.6. The fourth-order valence-corrected chi connectivity index (χ4v) is 5.17. The van der Waals surface area contributed by atoms with Crippen molar-refractivity contribution in [3.05, 3.63) is 63.8 Å². The maximum absolute atomic E-state index is 14.2. The molecule has 1 aliphatic heterocycles. The van der Waals surface area contributed by atoms with Gasteiger partial charge in [0.15, 0.2) is 0 Å². The van der Waals surface area contributed by atoms with Crippen molar-refractivity contribution in [1.29, 1.82) is 0 Å². The van der Waals surface area contributed by atoms with Crippen LogP contribution in [0.25, 0.3) is 22.2 Å². The molecule has 178 valence electrons.